The Balaban J connectivity index is 1.65. The number of rotatable bonds is 6. The van der Waals surface area contributed by atoms with Gasteiger partial charge in [0.25, 0.3) is 0 Å². The number of sulfone groups is 1. The van der Waals surface area contributed by atoms with Crippen LogP contribution in [0.25, 0.3) is 11.1 Å². The Morgan fingerprint density at radius 1 is 1.19 bits per heavy atom. The summed E-state index contributed by atoms with van der Waals surface area (Å²) in [6.45, 7) is 2.14. The van der Waals surface area contributed by atoms with E-state index in [9.17, 15) is 18.0 Å². The number of hydrogen-bond donors (Lipinski definition) is 0. The number of hydrogen-bond acceptors (Lipinski definition) is 6. The van der Waals surface area contributed by atoms with E-state index in [2.05, 4.69) is 0 Å². The highest BCUT2D eigenvalue weighted by atomic mass is 32.2. The van der Waals surface area contributed by atoms with Crippen LogP contribution in [0.5, 0.6) is 0 Å². The van der Waals surface area contributed by atoms with Crippen molar-refractivity contribution in [2.24, 2.45) is 0 Å². The largest absolute Gasteiger partial charge is 0.462 e. The van der Waals surface area contributed by atoms with Gasteiger partial charge in [0.1, 0.15) is 0 Å². The first-order valence-corrected chi connectivity index (χ1v) is 10.2. The fraction of sp³-hybridized carbons (Fsp3) is 0.263. The van der Waals surface area contributed by atoms with Gasteiger partial charge in [-0.15, -0.1) is 0 Å². The van der Waals surface area contributed by atoms with Crippen molar-refractivity contribution >= 4 is 26.9 Å². The minimum absolute atomic E-state index is 0.0662. The lowest BCUT2D eigenvalue weighted by atomic mass is 10.1. The van der Waals surface area contributed by atoms with Crippen LogP contribution in [-0.4, -0.2) is 31.8 Å². The number of carbonyl (C=O) groups excluding carboxylic acids is 1. The summed E-state index contributed by atoms with van der Waals surface area (Å²) >= 11 is 0. The van der Waals surface area contributed by atoms with Crippen LogP contribution < -0.4 is 5.76 Å². The van der Waals surface area contributed by atoms with Crippen molar-refractivity contribution in [1.82, 2.24) is 4.57 Å². The number of para-hydroxylation sites is 2. The van der Waals surface area contributed by atoms with E-state index < -0.39 is 21.6 Å². The highest BCUT2D eigenvalue weighted by Crippen LogP contribution is 2.17. The van der Waals surface area contributed by atoms with E-state index in [1.54, 1.807) is 31.2 Å². The third-order valence-corrected chi connectivity index (χ3v) is 5.30. The van der Waals surface area contributed by atoms with Gasteiger partial charge in [-0.2, -0.15) is 0 Å². The number of fused-ring (bicyclic) bond motifs is 1. The van der Waals surface area contributed by atoms with Gasteiger partial charge in [0.2, 0.25) is 0 Å². The molecule has 142 valence electrons. The van der Waals surface area contributed by atoms with E-state index in [1.807, 2.05) is 6.07 Å². The Hall–Kier alpha value is -2.87. The Morgan fingerprint density at radius 2 is 1.93 bits per heavy atom. The summed E-state index contributed by atoms with van der Waals surface area (Å²) in [6, 6.07) is 11.4. The van der Waals surface area contributed by atoms with Crippen molar-refractivity contribution in [1.29, 1.82) is 0 Å². The fourth-order valence-electron chi connectivity index (χ4n) is 2.74. The molecule has 2 aromatic carbocycles. The van der Waals surface area contributed by atoms with Crippen molar-refractivity contribution < 1.29 is 22.4 Å². The van der Waals surface area contributed by atoms with Crippen LogP contribution in [0.4, 0.5) is 0 Å². The predicted octanol–water partition coefficient (Wildman–Crippen LogP) is 2.55. The molecule has 0 atom stereocenters. The van der Waals surface area contributed by atoms with Gasteiger partial charge in [-0.3, -0.25) is 4.57 Å². The van der Waals surface area contributed by atoms with E-state index in [-0.39, 0.29) is 17.1 Å². The molecule has 3 aromatic rings. The molecule has 0 saturated carbocycles. The van der Waals surface area contributed by atoms with Gasteiger partial charge < -0.3 is 9.15 Å². The summed E-state index contributed by atoms with van der Waals surface area (Å²) in [5.41, 5.74) is 2.03. The number of carbonyl (C=O) groups is 1. The van der Waals surface area contributed by atoms with Crippen molar-refractivity contribution in [3.8, 4) is 0 Å². The summed E-state index contributed by atoms with van der Waals surface area (Å²) < 4.78 is 35.2. The standard InChI is InChI=1S/C19H19NO6S/c1-13-8-9-14(27(2,23)24)12-15(13)18(21)25-11-5-10-20-16-6-3-4-7-17(16)26-19(20)22/h3-4,6-9,12H,5,10-11H2,1-2H3. The average Bonchev–Trinajstić information content (AvgIpc) is 2.93. The van der Waals surface area contributed by atoms with Crippen LogP contribution in [-0.2, 0) is 21.1 Å². The van der Waals surface area contributed by atoms with Crippen molar-refractivity contribution in [2.45, 2.75) is 24.8 Å². The lowest BCUT2D eigenvalue weighted by Crippen LogP contribution is -2.16. The van der Waals surface area contributed by atoms with Crippen LogP contribution in [0.1, 0.15) is 22.3 Å². The lowest BCUT2D eigenvalue weighted by Gasteiger charge is -2.09. The highest BCUT2D eigenvalue weighted by molar-refractivity contribution is 7.90. The molecule has 1 aromatic heterocycles. The minimum Gasteiger partial charge on any atom is -0.462 e. The molecule has 0 bridgehead atoms. The van der Waals surface area contributed by atoms with Gasteiger partial charge in [0.05, 0.1) is 22.6 Å². The van der Waals surface area contributed by atoms with Crippen LogP contribution in [0.15, 0.2) is 56.6 Å². The van der Waals surface area contributed by atoms with Crippen LogP contribution in [0.3, 0.4) is 0 Å². The first-order chi connectivity index (χ1) is 12.8. The molecule has 0 saturated heterocycles. The van der Waals surface area contributed by atoms with E-state index in [0.29, 0.717) is 29.6 Å². The molecule has 0 unspecified atom stereocenters. The zero-order chi connectivity index (χ0) is 19.6. The SMILES string of the molecule is Cc1ccc(S(C)(=O)=O)cc1C(=O)OCCCn1c(=O)oc2ccccc21. The summed E-state index contributed by atoms with van der Waals surface area (Å²) in [6.07, 6.45) is 1.50. The Bertz CT molecular complexity index is 1160. The van der Waals surface area contributed by atoms with Gasteiger partial charge in [0.15, 0.2) is 15.4 Å². The normalized spacial score (nSPS) is 11.6. The lowest BCUT2D eigenvalue weighted by molar-refractivity contribution is 0.0494. The van der Waals surface area contributed by atoms with Gasteiger partial charge >= 0.3 is 11.7 Å². The molecule has 0 aliphatic heterocycles. The fourth-order valence-corrected chi connectivity index (χ4v) is 3.39. The molecule has 0 aliphatic rings. The number of benzene rings is 2. The number of esters is 1. The monoisotopic (exact) mass is 389 g/mol. The molecule has 0 radical (unpaired) electrons. The molecule has 1 heterocycles. The molecule has 0 N–H and O–H groups in total. The third kappa shape index (κ3) is 4.11. The molecule has 8 heteroatoms. The molecule has 0 fully saturated rings. The second-order valence-electron chi connectivity index (χ2n) is 6.23. The van der Waals surface area contributed by atoms with Gasteiger partial charge in [-0.1, -0.05) is 18.2 Å². The number of aromatic nitrogens is 1. The van der Waals surface area contributed by atoms with E-state index in [1.165, 1.54) is 16.7 Å². The summed E-state index contributed by atoms with van der Waals surface area (Å²) in [5, 5.41) is 0. The molecule has 7 nitrogen and oxygen atoms in total. The van der Waals surface area contributed by atoms with Gasteiger partial charge in [-0.05, 0) is 43.2 Å². The third-order valence-electron chi connectivity index (χ3n) is 4.19. The van der Waals surface area contributed by atoms with Crippen molar-refractivity contribution in [3.63, 3.8) is 0 Å². The summed E-state index contributed by atoms with van der Waals surface area (Å²) in [5.74, 6) is -1.05. The van der Waals surface area contributed by atoms with Gasteiger partial charge in [0, 0.05) is 12.8 Å². The molecular weight excluding hydrogens is 370 g/mol. The molecular formula is C19H19NO6S. The van der Waals surface area contributed by atoms with Crippen LogP contribution in [0.2, 0.25) is 0 Å². The van der Waals surface area contributed by atoms with Gasteiger partial charge in [-0.25, -0.2) is 18.0 Å². The first kappa shape index (κ1) is 18.9. The van der Waals surface area contributed by atoms with Crippen LogP contribution in [0, 0.1) is 6.92 Å². The summed E-state index contributed by atoms with van der Waals surface area (Å²) in [4.78, 5) is 24.2. The van der Waals surface area contributed by atoms with E-state index in [4.69, 9.17) is 9.15 Å². The number of oxazole rings is 1. The molecule has 3 rings (SSSR count). The zero-order valence-corrected chi connectivity index (χ0v) is 15.8. The van der Waals surface area contributed by atoms with Crippen molar-refractivity contribution in [3.05, 3.63) is 64.1 Å². The average molecular weight is 389 g/mol. The Kier molecular flexibility index (Phi) is 5.18. The van der Waals surface area contributed by atoms with E-state index in [0.717, 1.165) is 6.26 Å². The maximum absolute atomic E-state index is 12.3. The minimum atomic E-state index is -3.41. The second-order valence-corrected chi connectivity index (χ2v) is 8.24. The topological polar surface area (TPSA) is 95.6 Å². The van der Waals surface area contributed by atoms with E-state index >= 15 is 0 Å². The molecule has 27 heavy (non-hydrogen) atoms. The molecule has 0 amide bonds. The first-order valence-electron chi connectivity index (χ1n) is 8.33. The number of nitrogens with zero attached hydrogens (tertiary/aromatic N) is 1. The van der Waals surface area contributed by atoms with Crippen molar-refractivity contribution in [2.75, 3.05) is 12.9 Å². The zero-order valence-electron chi connectivity index (χ0n) is 15.0. The maximum atomic E-state index is 12.3. The summed E-state index contributed by atoms with van der Waals surface area (Å²) in [7, 11) is -3.41. The Morgan fingerprint density at radius 3 is 2.67 bits per heavy atom. The molecule has 0 aliphatic carbocycles. The number of aryl methyl sites for hydroxylation is 2. The second kappa shape index (κ2) is 7.40. The Labute approximate surface area is 156 Å². The van der Waals surface area contributed by atoms with Crippen LogP contribution >= 0.6 is 0 Å². The predicted molar refractivity (Wildman–Crippen MR) is 99.7 cm³/mol. The highest BCUT2D eigenvalue weighted by Gasteiger charge is 2.16. The smallest absolute Gasteiger partial charge is 0.419 e. The maximum Gasteiger partial charge on any atom is 0.419 e. The number of ether oxygens (including phenoxy) is 1. The quantitative estimate of drug-likeness (QED) is 0.475. The molecule has 0 spiro atoms.